The van der Waals surface area contributed by atoms with Crippen molar-refractivity contribution < 1.29 is 9.53 Å². The third-order valence-electron chi connectivity index (χ3n) is 2.44. The number of ether oxygens (including phenoxy) is 1. The number of amides is 1. The number of hydrogen-bond donors (Lipinski definition) is 1. The van der Waals surface area contributed by atoms with Crippen molar-refractivity contribution in [1.29, 1.82) is 0 Å². The van der Waals surface area contributed by atoms with Crippen LogP contribution >= 0.6 is 0 Å². The molecule has 74 valence electrons. The summed E-state index contributed by atoms with van der Waals surface area (Å²) in [5, 5.41) is 1.12. The number of rotatable bonds is 1. The van der Waals surface area contributed by atoms with Gasteiger partial charge in [0.15, 0.2) is 6.10 Å². The van der Waals surface area contributed by atoms with Crippen molar-refractivity contribution in [2.45, 2.75) is 19.1 Å². The van der Waals surface area contributed by atoms with E-state index in [-0.39, 0.29) is 12.1 Å². The molecule has 4 heteroatoms. The zero-order chi connectivity index (χ0) is 10.1. The fourth-order valence-corrected chi connectivity index (χ4v) is 1.57. The normalized spacial score (nSPS) is 26.4. The summed E-state index contributed by atoms with van der Waals surface area (Å²) in [4.78, 5) is 11.1. The van der Waals surface area contributed by atoms with Crippen LogP contribution in [0.2, 0.25) is 0 Å². The highest BCUT2D eigenvalue weighted by atomic mass is 16.6. The molecule has 1 aromatic carbocycles. The third kappa shape index (κ3) is 1.33. The van der Waals surface area contributed by atoms with Crippen molar-refractivity contribution in [2.75, 3.05) is 0 Å². The number of carbonyl (C=O) groups excluding carboxylic acids is 1. The molecule has 0 aliphatic carbocycles. The molecule has 14 heavy (non-hydrogen) atoms. The standard InChI is InChI=1S/C10H12N2O2/c1-7-9(14-10(13)12(7)11)8-5-3-2-4-6-8/h2-7,9H,11H2,1H3/t7-,9+/m0/s1. The Balaban J connectivity index is 2.26. The molecule has 0 bridgehead atoms. The number of cyclic esters (lactones) is 1. The molecule has 0 unspecified atom stereocenters. The third-order valence-corrected chi connectivity index (χ3v) is 2.44. The molecule has 2 N–H and O–H groups in total. The maximum atomic E-state index is 11.1. The summed E-state index contributed by atoms with van der Waals surface area (Å²) in [6, 6.07) is 9.47. The van der Waals surface area contributed by atoms with Gasteiger partial charge in [-0.15, -0.1) is 0 Å². The lowest BCUT2D eigenvalue weighted by atomic mass is 10.0. The van der Waals surface area contributed by atoms with E-state index < -0.39 is 6.09 Å². The molecule has 0 saturated carbocycles. The predicted molar refractivity (Wildman–Crippen MR) is 51.2 cm³/mol. The van der Waals surface area contributed by atoms with Crippen molar-refractivity contribution in [3.05, 3.63) is 35.9 Å². The highest BCUT2D eigenvalue weighted by Gasteiger charge is 2.37. The number of hydrogen-bond acceptors (Lipinski definition) is 3. The Bertz CT molecular complexity index is 339. The Morgan fingerprint density at radius 1 is 1.36 bits per heavy atom. The first-order valence-corrected chi connectivity index (χ1v) is 4.49. The molecule has 2 rings (SSSR count). The maximum absolute atomic E-state index is 11.1. The second-order valence-electron chi connectivity index (χ2n) is 3.36. The van der Waals surface area contributed by atoms with Crippen LogP contribution in [0.15, 0.2) is 30.3 Å². The van der Waals surface area contributed by atoms with Crippen molar-refractivity contribution in [1.82, 2.24) is 5.01 Å². The second-order valence-corrected chi connectivity index (χ2v) is 3.36. The monoisotopic (exact) mass is 192 g/mol. The molecule has 0 spiro atoms. The Hall–Kier alpha value is -1.55. The van der Waals surface area contributed by atoms with Crippen molar-refractivity contribution in [3.8, 4) is 0 Å². The largest absolute Gasteiger partial charge is 0.438 e. The molecular weight excluding hydrogens is 180 g/mol. The summed E-state index contributed by atoms with van der Waals surface area (Å²) in [6.45, 7) is 1.86. The van der Waals surface area contributed by atoms with Gasteiger partial charge in [-0.3, -0.25) is 0 Å². The molecule has 1 aliphatic rings. The summed E-state index contributed by atoms with van der Waals surface area (Å²) in [6.07, 6.45) is -0.722. The Morgan fingerprint density at radius 3 is 2.50 bits per heavy atom. The van der Waals surface area contributed by atoms with Gasteiger partial charge in [0.1, 0.15) is 0 Å². The van der Waals surface area contributed by atoms with Gasteiger partial charge in [-0.1, -0.05) is 30.3 Å². The average Bonchev–Trinajstić information content (AvgIpc) is 2.47. The van der Waals surface area contributed by atoms with E-state index >= 15 is 0 Å². The zero-order valence-corrected chi connectivity index (χ0v) is 7.88. The van der Waals surface area contributed by atoms with Crippen LogP contribution in [0, 0.1) is 0 Å². The van der Waals surface area contributed by atoms with Crippen LogP contribution in [0.4, 0.5) is 4.79 Å². The van der Waals surface area contributed by atoms with Gasteiger partial charge in [0, 0.05) is 0 Å². The number of nitrogens with zero attached hydrogens (tertiary/aromatic N) is 1. The van der Waals surface area contributed by atoms with E-state index in [1.54, 1.807) is 0 Å². The van der Waals surface area contributed by atoms with Gasteiger partial charge in [-0.05, 0) is 12.5 Å². The van der Waals surface area contributed by atoms with Gasteiger partial charge >= 0.3 is 6.09 Å². The van der Waals surface area contributed by atoms with Gasteiger partial charge in [-0.2, -0.15) is 0 Å². The van der Waals surface area contributed by atoms with Gasteiger partial charge in [0.25, 0.3) is 0 Å². The average molecular weight is 192 g/mol. The lowest BCUT2D eigenvalue weighted by Gasteiger charge is -2.15. The van der Waals surface area contributed by atoms with Crippen LogP contribution in [0.1, 0.15) is 18.6 Å². The van der Waals surface area contributed by atoms with Crippen LogP contribution in [0.25, 0.3) is 0 Å². The highest BCUT2D eigenvalue weighted by molar-refractivity contribution is 5.70. The summed E-state index contributed by atoms with van der Waals surface area (Å²) in [5.74, 6) is 5.51. The van der Waals surface area contributed by atoms with E-state index in [9.17, 15) is 4.79 Å². The molecule has 0 aromatic heterocycles. The Kier molecular flexibility index (Phi) is 2.13. The van der Waals surface area contributed by atoms with Gasteiger partial charge in [0.05, 0.1) is 6.04 Å². The van der Waals surface area contributed by atoms with E-state index in [0.29, 0.717) is 0 Å². The topological polar surface area (TPSA) is 55.6 Å². The van der Waals surface area contributed by atoms with Crippen molar-refractivity contribution >= 4 is 6.09 Å². The van der Waals surface area contributed by atoms with Crippen LogP contribution in [-0.2, 0) is 4.74 Å². The van der Waals surface area contributed by atoms with E-state index in [0.717, 1.165) is 10.6 Å². The fourth-order valence-electron chi connectivity index (χ4n) is 1.57. The molecule has 1 saturated heterocycles. The van der Waals surface area contributed by atoms with E-state index in [1.807, 2.05) is 37.3 Å². The quantitative estimate of drug-likeness (QED) is 0.541. The van der Waals surface area contributed by atoms with Gasteiger partial charge in [-0.25, -0.2) is 15.6 Å². The molecule has 2 atom stereocenters. The summed E-state index contributed by atoms with van der Waals surface area (Å²) in [5.41, 5.74) is 0.973. The first-order valence-electron chi connectivity index (χ1n) is 4.49. The fraction of sp³-hybridized carbons (Fsp3) is 0.300. The molecule has 1 aromatic rings. The summed E-state index contributed by atoms with van der Waals surface area (Å²) in [7, 11) is 0. The lowest BCUT2D eigenvalue weighted by molar-refractivity contribution is 0.130. The molecule has 1 heterocycles. The molecule has 4 nitrogen and oxygen atoms in total. The number of hydrazine groups is 1. The predicted octanol–water partition coefficient (Wildman–Crippen LogP) is 1.44. The van der Waals surface area contributed by atoms with Crippen LogP contribution < -0.4 is 5.84 Å². The van der Waals surface area contributed by atoms with Crippen LogP contribution in [-0.4, -0.2) is 17.1 Å². The molecule has 1 aliphatic heterocycles. The Labute approximate surface area is 82.2 Å². The number of nitrogens with two attached hydrogens (primary N) is 1. The van der Waals surface area contributed by atoms with Crippen LogP contribution in [0.3, 0.4) is 0 Å². The van der Waals surface area contributed by atoms with E-state index in [2.05, 4.69) is 0 Å². The first kappa shape index (κ1) is 9.02. The highest BCUT2D eigenvalue weighted by Crippen LogP contribution is 2.29. The maximum Gasteiger partial charge on any atom is 0.425 e. The number of carbonyl (C=O) groups is 1. The SMILES string of the molecule is C[C@H]1[C@H](c2ccccc2)OC(=O)N1N. The second kappa shape index (κ2) is 3.31. The smallest absolute Gasteiger partial charge is 0.425 e. The first-order chi connectivity index (χ1) is 6.70. The molecule has 0 radical (unpaired) electrons. The van der Waals surface area contributed by atoms with Crippen molar-refractivity contribution in [3.63, 3.8) is 0 Å². The number of benzene rings is 1. The van der Waals surface area contributed by atoms with Gasteiger partial charge in [0.2, 0.25) is 0 Å². The minimum atomic E-state index is -0.466. The van der Waals surface area contributed by atoms with E-state index in [1.165, 1.54) is 0 Å². The lowest BCUT2D eigenvalue weighted by Crippen LogP contribution is -2.38. The summed E-state index contributed by atoms with van der Waals surface area (Å²) >= 11 is 0. The summed E-state index contributed by atoms with van der Waals surface area (Å²) < 4.78 is 5.13. The minimum absolute atomic E-state index is 0.120. The van der Waals surface area contributed by atoms with Crippen LogP contribution in [0.5, 0.6) is 0 Å². The molecule has 1 amide bonds. The van der Waals surface area contributed by atoms with E-state index in [4.69, 9.17) is 10.6 Å². The minimum Gasteiger partial charge on any atom is -0.438 e. The molecular formula is C10H12N2O2. The van der Waals surface area contributed by atoms with Gasteiger partial charge < -0.3 is 4.74 Å². The Morgan fingerprint density at radius 2 is 2.00 bits per heavy atom. The molecule has 1 fully saturated rings. The van der Waals surface area contributed by atoms with Crippen molar-refractivity contribution in [2.24, 2.45) is 5.84 Å². The zero-order valence-electron chi connectivity index (χ0n) is 7.88.